The molecule has 0 amide bonds. The number of nitrogens with two attached hydrogens (primary N) is 1. The van der Waals surface area contributed by atoms with Crippen molar-refractivity contribution in [1.82, 2.24) is 14.7 Å². The van der Waals surface area contributed by atoms with E-state index in [1.807, 2.05) is 27.8 Å². The number of primary sulfonamides is 1. The maximum atomic E-state index is 11.3. The van der Waals surface area contributed by atoms with Crippen molar-refractivity contribution in [2.45, 2.75) is 38.4 Å². The highest BCUT2D eigenvalue weighted by Gasteiger charge is 2.18. The van der Waals surface area contributed by atoms with Crippen LogP contribution in [0.25, 0.3) is 0 Å². The number of aromatic nitrogens is 2. The molecule has 2 N–H and O–H groups in total. The predicted octanol–water partition coefficient (Wildman–Crippen LogP) is 0.563. The molecule has 0 aliphatic heterocycles. The molecule has 0 spiro atoms. The number of hydrogen-bond donors (Lipinski definition) is 1. The van der Waals surface area contributed by atoms with Crippen LogP contribution in [0.5, 0.6) is 0 Å². The summed E-state index contributed by atoms with van der Waals surface area (Å²) in [5.41, 5.74) is 0.855. The lowest BCUT2D eigenvalue weighted by atomic mass is 10.3. The van der Waals surface area contributed by atoms with E-state index in [-0.39, 0.29) is 11.1 Å². The third-order valence-electron chi connectivity index (χ3n) is 2.54. The second kappa shape index (κ2) is 5.16. The van der Waals surface area contributed by atoms with Crippen LogP contribution in [-0.4, -0.2) is 36.7 Å². The van der Waals surface area contributed by atoms with Crippen molar-refractivity contribution in [3.05, 3.63) is 11.8 Å². The van der Waals surface area contributed by atoms with Gasteiger partial charge in [0.05, 0.1) is 5.69 Å². The van der Waals surface area contributed by atoms with Gasteiger partial charge in [-0.1, -0.05) is 6.92 Å². The lowest BCUT2D eigenvalue weighted by molar-refractivity contribution is 0.326. The second-order valence-corrected chi connectivity index (χ2v) is 5.90. The average Bonchev–Trinajstić information content (AvgIpc) is 2.61. The van der Waals surface area contributed by atoms with E-state index in [9.17, 15) is 8.42 Å². The first-order valence-corrected chi connectivity index (χ1v) is 7.10. The Morgan fingerprint density at radius 2 is 2.12 bits per heavy atom. The molecule has 0 aliphatic rings. The maximum absolute atomic E-state index is 11.3. The zero-order valence-electron chi connectivity index (χ0n) is 10.7. The zero-order chi connectivity index (χ0) is 13.2. The lowest BCUT2D eigenvalue weighted by Gasteiger charge is -2.16. The Labute approximate surface area is 102 Å². The molecule has 0 aliphatic carbocycles. The molecular weight excluding hydrogens is 240 g/mol. The molecule has 7 heteroatoms. The van der Waals surface area contributed by atoms with E-state index in [0.29, 0.717) is 6.54 Å². The average molecular weight is 260 g/mol. The van der Waals surface area contributed by atoms with Gasteiger partial charge in [-0.15, -0.1) is 0 Å². The minimum atomic E-state index is -3.73. The van der Waals surface area contributed by atoms with E-state index < -0.39 is 10.0 Å². The van der Waals surface area contributed by atoms with E-state index >= 15 is 0 Å². The Morgan fingerprint density at radius 1 is 1.53 bits per heavy atom. The minimum Gasteiger partial charge on any atom is -0.301 e. The molecule has 1 aromatic rings. The molecule has 0 fully saturated rings. The zero-order valence-corrected chi connectivity index (χ0v) is 11.5. The largest absolute Gasteiger partial charge is 0.301 e. The van der Waals surface area contributed by atoms with Crippen LogP contribution in [0.3, 0.4) is 0 Å². The van der Waals surface area contributed by atoms with E-state index in [1.165, 1.54) is 0 Å². The van der Waals surface area contributed by atoms with Gasteiger partial charge in [0.25, 0.3) is 10.0 Å². The molecule has 98 valence electrons. The van der Waals surface area contributed by atoms with Gasteiger partial charge >= 0.3 is 0 Å². The third-order valence-corrected chi connectivity index (χ3v) is 3.33. The fourth-order valence-electron chi connectivity index (χ4n) is 1.50. The normalized spacial score (nSPS) is 12.6. The minimum absolute atomic E-state index is 0.0642. The predicted molar refractivity (Wildman–Crippen MR) is 66.0 cm³/mol. The summed E-state index contributed by atoms with van der Waals surface area (Å²) < 4.78 is 24.2. The summed E-state index contributed by atoms with van der Waals surface area (Å²) in [7, 11) is -1.76. The Morgan fingerprint density at radius 3 is 2.53 bits per heavy atom. The quantitative estimate of drug-likeness (QED) is 0.839. The summed E-state index contributed by atoms with van der Waals surface area (Å²) in [6.07, 6.45) is 0. The molecule has 0 unspecified atom stereocenters. The van der Waals surface area contributed by atoms with Crippen molar-refractivity contribution >= 4 is 10.0 Å². The fraction of sp³-hybridized carbons (Fsp3) is 0.700. The van der Waals surface area contributed by atoms with Gasteiger partial charge in [-0.25, -0.2) is 13.6 Å². The number of rotatable bonds is 5. The first-order chi connectivity index (χ1) is 7.75. The van der Waals surface area contributed by atoms with Crippen LogP contribution in [0.2, 0.25) is 0 Å². The third kappa shape index (κ3) is 3.52. The summed E-state index contributed by atoms with van der Waals surface area (Å²) in [4.78, 5) is 2.07. The topological polar surface area (TPSA) is 81.2 Å². The number of hydrogen-bond acceptors (Lipinski definition) is 4. The fourth-order valence-corrected chi connectivity index (χ4v) is 2.00. The van der Waals surface area contributed by atoms with Crippen LogP contribution < -0.4 is 5.14 Å². The van der Waals surface area contributed by atoms with Gasteiger partial charge in [0.15, 0.2) is 5.03 Å². The second-order valence-electron chi connectivity index (χ2n) is 4.39. The van der Waals surface area contributed by atoms with E-state index in [1.54, 1.807) is 10.7 Å². The maximum Gasteiger partial charge on any atom is 0.257 e. The van der Waals surface area contributed by atoms with Crippen LogP contribution in [0.1, 0.15) is 32.5 Å². The van der Waals surface area contributed by atoms with Crippen molar-refractivity contribution < 1.29 is 8.42 Å². The molecule has 17 heavy (non-hydrogen) atoms. The van der Waals surface area contributed by atoms with E-state index in [0.717, 1.165) is 12.2 Å². The molecule has 0 atom stereocenters. The molecule has 0 bridgehead atoms. The summed E-state index contributed by atoms with van der Waals surface area (Å²) in [6, 6.07) is 1.65. The highest BCUT2D eigenvalue weighted by Crippen LogP contribution is 2.15. The molecule has 6 nitrogen and oxygen atoms in total. The van der Waals surface area contributed by atoms with Crippen LogP contribution in [0.4, 0.5) is 0 Å². The Balaban J connectivity index is 3.15. The number of nitrogens with zero attached hydrogens (tertiary/aromatic N) is 3. The van der Waals surface area contributed by atoms with Crippen LogP contribution in [0.15, 0.2) is 11.1 Å². The monoisotopic (exact) mass is 260 g/mol. The van der Waals surface area contributed by atoms with Crippen molar-refractivity contribution in [2.24, 2.45) is 5.14 Å². The molecule has 0 aromatic carbocycles. The highest BCUT2D eigenvalue weighted by atomic mass is 32.2. The van der Waals surface area contributed by atoms with Gasteiger partial charge in [-0.2, -0.15) is 5.10 Å². The SMILES string of the molecule is CCN(C)Cc1cc(S(N)(=O)=O)nn1C(C)C. The lowest BCUT2D eigenvalue weighted by Crippen LogP contribution is -2.20. The molecular formula is C10H20N4O2S. The summed E-state index contributed by atoms with van der Waals surface area (Å²) in [5.74, 6) is 0. The van der Waals surface area contributed by atoms with Gasteiger partial charge in [0, 0.05) is 18.7 Å². The standard InChI is InChI=1S/C10H20N4O2S/c1-5-13(4)7-9-6-10(17(11,15)16)12-14(9)8(2)3/h6,8H,5,7H2,1-4H3,(H2,11,15,16). The van der Waals surface area contributed by atoms with Gasteiger partial charge in [0.2, 0.25) is 0 Å². The summed E-state index contributed by atoms with van der Waals surface area (Å²) >= 11 is 0. The highest BCUT2D eigenvalue weighted by molar-refractivity contribution is 7.89. The van der Waals surface area contributed by atoms with Crippen molar-refractivity contribution in [3.63, 3.8) is 0 Å². The van der Waals surface area contributed by atoms with Crippen molar-refractivity contribution in [3.8, 4) is 0 Å². The van der Waals surface area contributed by atoms with Gasteiger partial charge in [-0.05, 0) is 27.4 Å². The number of sulfonamides is 1. The van der Waals surface area contributed by atoms with Gasteiger partial charge in [-0.3, -0.25) is 4.68 Å². The van der Waals surface area contributed by atoms with E-state index in [2.05, 4.69) is 10.00 Å². The van der Waals surface area contributed by atoms with E-state index in [4.69, 9.17) is 5.14 Å². The Hall–Kier alpha value is -0.920. The van der Waals surface area contributed by atoms with Gasteiger partial charge < -0.3 is 4.90 Å². The molecule has 0 saturated heterocycles. The molecule has 0 saturated carbocycles. The molecule has 1 heterocycles. The van der Waals surface area contributed by atoms with Crippen LogP contribution in [0, 0.1) is 0 Å². The van der Waals surface area contributed by atoms with Gasteiger partial charge in [0.1, 0.15) is 0 Å². The van der Waals surface area contributed by atoms with Crippen LogP contribution in [-0.2, 0) is 16.6 Å². The first-order valence-electron chi connectivity index (χ1n) is 5.55. The molecule has 1 rings (SSSR count). The van der Waals surface area contributed by atoms with Crippen molar-refractivity contribution in [2.75, 3.05) is 13.6 Å². The summed E-state index contributed by atoms with van der Waals surface area (Å²) in [6.45, 7) is 7.48. The molecule has 0 radical (unpaired) electrons. The van der Waals surface area contributed by atoms with Crippen LogP contribution >= 0.6 is 0 Å². The van der Waals surface area contributed by atoms with Crippen molar-refractivity contribution in [1.29, 1.82) is 0 Å². The Bertz CT molecular complexity index is 478. The summed E-state index contributed by atoms with van der Waals surface area (Å²) in [5, 5.41) is 9.07. The first kappa shape index (κ1) is 14.1. The smallest absolute Gasteiger partial charge is 0.257 e. The molecule has 1 aromatic heterocycles. The Kier molecular flexibility index (Phi) is 4.29.